The summed E-state index contributed by atoms with van der Waals surface area (Å²) >= 11 is 5.93. The third-order valence-corrected chi connectivity index (χ3v) is 4.89. The van der Waals surface area contributed by atoms with Crippen molar-refractivity contribution in [3.05, 3.63) is 71.0 Å². The molecule has 1 aromatic carbocycles. The predicted molar refractivity (Wildman–Crippen MR) is 106 cm³/mol. The van der Waals surface area contributed by atoms with Crippen LogP contribution in [0, 0.1) is 5.92 Å². The number of hydrogen-bond donors (Lipinski definition) is 1. The van der Waals surface area contributed by atoms with E-state index in [4.69, 9.17) is 11.6 Å². The molecule has 3 rings (SSSR count). The first-order chi connectivity index (χ1) is 13.1. The largest absolute Gasteiger partial charge is 0.352 e. The Morgan fingerprint density at radius 3 is 2.74 bits per heavy atom. The van der Waals surface area contributed by atoms with Gasteiger partial charge in [-0.1, -0.05) is 23.7 Å². The van der Waals surface area contributed by atoms with Crippen LogP contribution in [0.4, 0.5) is 0 Å². The lowest BCUT2D eigenvalue weighted by Crippen LogP contribution is -2.41. The van der Waals surface area contributed by atoms with E-state index in [2.05, 4.69) is 10.3 Å². The minimum Gasteiger partial charge on any atom is -0.352 e. The van der Waals surface area contributed by atoms with Gasteiger partial charge in [0, 0.05) is 43.1 Å². The number of likely N-dealkylation sites (tertiary alicyclic amines) is 1. The van der Waals surface area contributed by atoms with E-state index in [0.717, 1.165) is 18.4 Å². The van der Waals surface area contributed by atoms with E-state index in [1.165, 1.54) is 6.08 Å². The number of benzene rings is 1. The molecule has 0 aliphatic carbocycles. The summed E-state index contributed by atoms with van der Waals surface area (Å²) in [5, 5.41) is 3.58. The summed E-state index contributed by atoms with van der Waals surface area (Å²) in [6.07, 6.45) is 8.28. The molecule has 1 fully saturated rings. The van der Waals surface area contributed by atoms with Crippen LogP contribution in [0.2, 0.25) is 5.02 Å². The maximum atomic E-state index is 12.4. The van der Waals surface area contributed by atoms with Gasteiger partial charge in [-0.15, -0.1) is 0 Å². The number of piperidine rings is 1. The summed E-state index contributed by atoms with van der Waals surface area (Å²) in [7, 11) is 0. The summed E-state index contributed by atoms with van der Waals surface area (Å²) in [6, 6.07) is 10.9. The van der Waals surface area contributed by atoms with Crippen molar-refractivity contribution in [3.63, 3.8) is 0 Å². The van der Waals surface area contributed by atoms with Gasteiger partial charge in [0.1, 0.15) is 0 Å². The highest BCUT2D eigenvalue weighted by Gasteiger charge is 2.23. The molecule has 2 amide bonds. The monoisotopic (exact) mass is 383 g/mol. The first-order valence-electron chi connectivity index (χ1n) is 9.02. The molecule has 1 aromatic heterocycles. The van der Waals surface area contributed by atoms with Gasteiger partial charge >= 0.3 is 0 Å². The van der Waals surface area contributed by atoms with Crippen LogP contribution in [0.3, 0.4) is 0 Å². The van der Waals surface area contributed by atoms with Crippen LogP contribution in [0.15, 0.2) is 54.9 Å². The highest BCUT2D eigenvalue weighted by atomic mass is 35.5. The van der Waals surface area contributed by atoms with Crippen LogP contribution >= 0.6 is 11.6 Å². The van der Waals surface area contributed by atoms with E-state index >= 15 is 0 Å². The maximum absolute atomic E-state index is 12.4. The van der Waals surface area contributed by atoms with Crippen LogP contribution in [0.5, 0.6) is 0 Å². The smallest absolute Gasteiger partial charge is 0.255 e. The molecule has 140 valence electrons. The molecule has 1 aliphatic rings. The van der Waals surface area contributed by atoms with Crippen molar-refractivity contribution in [1.82, 2.24) is 15.2 Å². The quantitative estimate of drug-likeness (QED) is 0.805. The van der Waals surface area contributed by atoms with Crippen LogP contribution in [-0.2, 0) is 4.79 Å². The average Bonchev–Trinajstić information content (AvgIpc) is 2.71. The standard InChI is InChI=1S/C21H22ClN3O2/c22-19-5-1-3-16(13-19)6-7-20(26)24-14-17-8-11-25(12-9-17)21(27)18-4-2-10-23-15-18/h1-7,10,13,15,17H,8-9,11-12,14H2,(H,24,26)/b7-6+. The summed E-state index contributed by atoms with van der Waals surface area (Å²) in [6.45, 7) is 2.02. The van der Waals surface area contributed by atoms with E-state index in [1.807, 2.05) is 17.0 Å². The number of amides is 2. The topological polar surface area (TPSA) is 62.3 Å². The van der Waals surface area contributed by atoms with Gasteiger partial charge in [-0.05, 0) is 54.7 Å². The zero-order chi connectivity index (χ0) is 19.1. The van der Waals surface area contributed by atoms with Crippen LogP contribution < -0.4 is 5.32 Å². The summed E-state index contributed by atoms with van der Waals surface area (Å²) < 4.78 is 0. The SMILES string of the molecule is O=C(/C=C/c1cccc(Cl)c1)NCC1CCN(C(=O)c2cccnc2)CC1. The number of pyridine rings is 1. The zero-order valence-electron chi connectivity index (χ0n) is 15.0. The van der Waals surface area contributed by atoms with Crippen molar-refractivity contribution in [2.45, 2.75) is 12.8 Å². The second-order valence-electron chi connectivity index (χ2n) is 6.61. The molecule has 0 radical (unpaired) electrons. The number of carbonyl (C=O) groups excluding carboxylic acids is 2. The number of nitrogens with one attached hydrogen (secondary N) is 1. The van der Waals surface area contributed by atoms with Crippen LogP contribution in [-0.4, -0.2) is 41.3 Å². The van der Waals surface area contributed by atoms with Gasteiger partial charge in [0.05, 0.1) is 5.56 Å². The highest BCUT2D eigenvalue weighted by molar-refractivity contribution is 6.30. The molecule has 1 N–H and O–H groups in total. The van der Waals surface area contributed by atoms with E-state index in [-0.39, 0.29) is 11.8 Å². The summed E-state index contributed by atoms with van der Waals surface area (Å²) in [4.78, 5) is 30.3. The maximum Gasteiger partial charge on any atom is 0.255 e. The lowest BCUT2D eigenvalue weighted by atomic mass is 9.96. The van der Waals surface area contributed by atoms with Crippen molar-refractivity contribution in [1.29, 1.82) is 0 Å². The third-order valence-electron chi connectivity index (χ3n) is 4.65. The molecule has 0 atom stereocenters. The minimum absolute atomic E-state index is 0.0232. The Morgan fingerprint density at radius 2 is 2.04 bits per heavy atom. The van der Waals surface area contributed by atoms with E-state index in [0.29, 0.717) is 36.1 Å². The molecular formula is C21H22ClN3O2. The molecule has 1 saturated heterocycles. The van der Waals surface area contributed by atoms with E-state index < -0.39 is 0 Å². The molecule has 6 heteroatoms. The number of hydrogen-bond acceptors (Lipinski definition) is 3. The van der Waals surface area contributed by atoms with Gasteiger partial charge in [0.2, 0.25) is 5.91 Å². The van der Waals surface area contributed by atoms with Crippen molar-refractivity contribution in [2.75, 3.05) is 19.6 Å². The lowest BCUT2D eigenvalue weighted by Gasteiger charge is -2.32. The van der Waals surface area contributed by atoms with Gasteiger partial charge in [0.15, 0.2) is 0 Å². The molecule has 0 unspecified atom stereocenters. The van der Waals surface area contributed by atoms with Gasteiger partial charge < -0.3 is 10.2 Å². The molecule has 0 spiro atoms. The molecular weight excluding hydrogens is 362 g/mol. The Hall–Kier alpha value is -2.66. The number of carbonyl (C=O) groups is 2. The molecule has 27 heavy (non-hydrogen) atoms. The number of nitrogens with zero attached hydrogens (tertiary/aromatic N) is 2. The lowest BCUT2D eigenvalue weighted by molar-refractivity contribution is -0.116. The number of halogens is 1. The fraction of sp³-hybridized carbons (Fsp3) is 0.286. The molecule has 2 aromatic rings. The average molecular weight is 384 g/mol. The van der Waals surface area contributed by atoms with Crippen molar-refractivity contribution < 1.29 is 9.59 Å². The Morgan fingerprint density at radius 1 is 1.22 bits per heavy atom. The first-order valence-corrected chi connectivity index (χ1v) is 9.40. The van der Waals surface area contributed by atoms with Crippen molar-refractivity contribution >= 4 is 29.5 Å². The Bertz CT molecular complexity index is 815. The van der Waals surface area contributed by atoms with Gasteiger partial charge in [-0.3, -0.25) is 14.6 Å². The number of rotatable bonds is 5. The predicted octanol–water partition coefficient (Wildman–Crippen LogP) is 3.42. The minimum atomic E-state index is -0.121. The Labute approximate surface area is 164 Å². The third kappa shape index (κ3) is 5.66. The molecule has 0 saturated carbocycles. The fourth-order valence-corrected chi connectivity index (χ4v) is 3.30. The highest BCUT2D eigenvalue weighted by Crippen LogP contribution is 2.18. The normalized spacial score (nSPS) is 15.1. The van der Waals surface area contributed by atoms with Gasteiger partial charge in [0.25, 0.3) is 5.91 Å². The summed E-state index contributed by atoms with van der Waals surface area (Å²) in [5.74, 6) is 0.283. The second-order valence-corrected chi connectivity index (χ2v) is 7.05. The van der Waals surface area contributed by atoms with Crippen LogP contribution in [0.1, 0.15) is 28.8 Å². The van der Waals surface area contributed by atoms with E-state index in [9.17, 15) is 9.59 Å². The fourth-order valence-electron chi connectivity index (χ4n) is 3.10. The molecule has 0 bridgehead atoms. The molecule has 5 nitrogen and oxygen atoms in total. The van der Waals surface area contributed by atoms with Crippen LogP contribution in [0.25, 0.3) is 6.08 Å². The van der Waals surface area contributed by atoms with Gasteiger partial charge in [-0.25, -0.2) is 0 Å². The van der Waals surface area contributed by atoms with Gasteiger partial charge in [-0.2, -0.15) is 0 Å². The molecule has 1 aliphatic heterocycles. The number of aromatic nitrogens is 1. The summed E-state index contributed by atoms with van der Waals surface area (Å²) in [5.41, 5.74) is 1.51. The van der Waals surface area contributed by atoms with Crippen molar-refractivity contribution in [2.24, 2.45) is 5.92 Å². The Kier molecular flexibility index (Phi) is 6.60. The Balaban J connectivity index is 1.41. The second kappa shape index (κ2) is 9.33. The first kappa shape index (κ1) is 19.1. The van der Waals surface area contributed by atoms with E-state index in [1.54, 1.807) is 42.7 Å². The zero-order valence-corrected chi connectivity index (χ0v) is 15.7. The molecule has 2 heterocycles. The van der Waals surface area contributed by atoms with Crippen molar-refractivity contribution in [3.8, 4) is 0 Å².